The quantitative estimate of drug-likeness (QED) is 0.708. The molecule has 0 radical (unpaired) electrons. The zero-order valence-electron chi connectivity index (χ0n) is 8.02. The normalized spacial score (nSPS) is 12.4. The highest BCUT2D eigenvalue weighted by molar-refractivity contribution is 6.22. The Bertz CT molecular complexity index is 307. The van der Waals surface area contributed by atoms with E-state index in [0.717, 1.165) is 5.69 Å². The Balaban J connectivity index is 2.42. The van der Waals surface area contributed by atoms with Crippen molar-refractivity contribution in [1.82, 2.24) is 9.88 Å². The topological polar surface area (TPSA) is 39.9 Å². The van der Waals surface area contributed by atoms with Crippen LogP contribution in [0.5, 0.6) is 0 Å². The van der Waals surface area contributed by atoms with Crippen LogP contribution in [0.25, 0.3) is 0 Å². The summed E-state index contributed by atoms with van der Waals surface area (Å²) in [6.45, 7) is 1.26. The largest absolute Gasteiger partial charge is 0.298 e. The van der Waals surface area contributed by atoms with Crippen molar-refractivity contribution in [3.63, 3.8) is 0 Å². The monoisotopic (exact) mass is 209 g/mol. The Hall–Kier alpha value is -1.11. The summed E-state index contributed by atoms with van der Waals surface area (Å²) in [4.78, 5) is 6.16. The van der Waals surface area contributed by atoms with Crippen molar-refractivity contribution in [2.75, 3.05) is 13.6 Å². The standard InChI is InChI=1S/C10H12ClN3/c1-14(7-9(11)6-12)8-10-4-2-3-5-13-10/h2-5,9H,7-8H2,1H3. The van der Waals surface area contributed by atoms with Crippen LogP contribution in [0, 0.1) is 11.3 Å². The second kappa shape index (κ2) is 5.58. The Kier molecular flexibility index (Phi) is 4.37. The zero-order chi connectivity index (χ0) is 10.4. The van der Waals surface area contributed by atoms with Crippen LogP contribution in [-0.2, 0) is 6.54 Å². The van der Waals surface area contributed by atoms with E-state index in [2.05, 4.69) is 4.98 Å². The minimum Gasteiger partial charge on any atom is -0.298 e. The fourth-order valence-corrected chi connectivity index (χ4v) is 1.38. The predicted molar refractivity (Wildman–Crippen MR) is 55.8 cm³/mol. The van der Waals surface area contributed by atoms with Crippen LogP contribution < -0.4 is 0 Å². The summed E-state index contributed by atoms with van der Waals surface area (Å²) in [5.74, 6) is 0. The highest BCUT2D eigenvalue weighted by Gasteiger charge is 2.07. The van der Waals surface area contributed by atoms with Crippen molar-refractivity contribution in [2.24, 2.45) is 0 Å². The van der Waals surface area contributed by atoms with Crippen LogP contribution in [0.3, 0.4) is 0 Å². The van der Waals surface area contributed by atoms with Crippen molar-refractivity contribution in [1.29, 1.82) is 5.26 Å². The van der Waals surface area contributed by atoms with Gasteiger partial charge in [-0.15, -0.1) is 11.6 Å². The first-order valence-corrected chi connectivity index (χ1v) is 4.78. The first-order chi connectivity index (χ1) is 6.72. The van der Waals surface area contributed by atoms with E-state index >= 15 is 0 Å². The average molecular weight is 210 g/mol. The Morgan fingerprint density at radius 1 is 1.64 bits per heavy atom. The van der Waals surface area contributed by atoms with Gasteiger partial charge in [-0.3, -0.25) is 9.88 Å². The van der Waals surface area contributed by atoms with Gasteiger partial charge in [0.2, 0.25) is 0 Å². The number of hydrogen-bond donors (Lipinski definition) is 0. The molecule has 0 saturated carbocycles. The highest BCUT2D eigenvalue weighted by Crippen LogP contribution is 2.02. The van der Waals surface area contributed by atoms with Crippen molar-refractivity contribution in [3.05, 3.63) is 30.1 Å². The molecule has 0 aliphatic heterocycles. The molecule has 0 aliphatic rings. The Morgan fingerprint density at radius 2 is 2.43 bits per heavy atom. The van der Waals surface area contributed by atoms with Gasteiger partial charge in [0, 0.05) is 19.3 Å². The third kappa shape index (κ3) is 3.73. The van der Waals surface area contributed by atoms with Gasteiger partial charge in [-0.1, -0.05) is 6.07 Å². The minimum atomic E-state index is -0.455. The lowest BCUT2D eigenvalue weighted by molar-refractivity contribution is 0.332. The van der Waals surface area contributed by atoms with E-state index in [4.69, 9.17) is 16.9 Å². The number of rotatable bonds is 4. The van der Waals surface area contributed by atoms with Gasteiger partial charge >= 0.3 is 0 Å². The first kappa shape index (κ1) is 11.0. The molecule has 3 nitrogen and oxygen atoms in total. The first-order valence-electron chi connectivity index (χ1n) is 4.34. The van der Waals surface area contributed by atoms with Gasteiger partial charge in [-0.25, -0.2) is 0 Å². The second-order valence-electron chi connectivity index (χ2n) is 3.11. The van der Waals surface area contributed by atoms with Crippen molar-refractivity contribution >= 4 is 11.6 Å². The lowest BCUT2D eigenvalue weighted by atomic mass is 10.3. The molecule has 0 spiro atoms. The molecule has 0 N–H and O–H groups in total. The van der Waals surface area contributed by atoms with E-state index < -0.39 is 5.38 Å². The summed E-state index contributed by atoms with van der Waals surface area (Å²) in [7, 11) is 1.92. The molecule has 1 unspecified atom stereocenters. The number of aromatic nitrogens is 1. The molecular formula is C10H12ClN3. The molecule has 1 rings (SSSR count). The SMILES string of the molecule is CN(Cc1ccccn1)CC(Cl)C#N. The van der Waals surface area contributed by atoms with Crippen LogP contribution in [0.15, 0.2) is 24.4 Å². The third-order valence-electron chi connectivity index (χ3n) is 1.77. The van der Waals surface area contributed by atoms with Gasteiger partial charge in [-0.05, 0) is 19.2 Å². The minimum absolute atomic E-state index is 0.455. The van der Waals surface area contributed by atoms with Gasteiger partial charge in [0.05, 0.1) is 11.8 Å². The molecule has 0 fully saturated rings. The number of nitriles is 1. The van der Waals surface area contributed by atoms with Crippen molar-refractivity contribution in [2.45, 2.75) is 11.9 Å². The van der Waals surface area contributed by atoms with Gasteiger partial charge in [-0.2, -0.15) is 5.26 Å². The number of pyridine rings is 1. The Morgan fingerprint density at radius 3 is 3.00 bits per heavy atom. The van der Waals surface area contributed by atoms with Crippen molar-refractivity contribution in [3.8, 4) is 6.07 Å². The van der Waals surface area contributed by atoms with Crippen molar-refractivity contribution < 1.29 is 0 Å². The van der Waals surface area contributed by atoms with Crippen LogP contribution in [0.4, 0.5) is 0 Å². The summed E-state index contributed by atoms with van der Waals surface area (Å²) < 4.78 is 0. The summed E-state index contributed by atoms with van der Waals surface area (Å²) in [5, 5.41) is 8.07. The molecule has 0 aromatic carbocycles. The second-order valence-corrected chi connectivity index (χ2v) is 3.64. The van der Waals surface area contributed by atoms with Gasteiger partial charge < -0.3 is 0 Å². The van der Waals surface area contributed by atoms with E-state index in [1.54, 1.807) is 6.20 Å². The average Bonchev–Trinajstić information content (AvgIpc) is 2.19. The van der Waals surface area contributed by atoms with Gasteiger partial charge in [0.1, 0.15) is 5.38 Å². The summed E-state index contributed by atoms with van der Waals surface area (Å²) in [5.41, 5.74) is 0.983. The maximum absolute atomic E-state index is 8.53. The molecular weight excluding hydrogens is 198 g/mol. The molecule has 1 aromatic heterocycles. The number of alkyl halides is 1. The summed E-state index contributed by atoms with van der Waals surface area (Å²) in [6.07, 6.45) is 1.76. The molecule has 1 atom stereocenters. The lowest BCUT2D eigenvalue weighted by Gasteiger charge is -2.15. The Labute approximate surface area is 88.9 Å². The van der Waals surface area contributed by atoms with E-state index in [-0.39, 0.29) is 0 Å². The van der Waals surface area contributed by atoms with Crippen LogP contribution in [0.1, 0.15) is 5.69 Å². The van der Waals surface area contributed by atoms with E-state index in [1.165, 1.54) is 0 Å². The molecule has 0 bridgehead atoms. The van der Waals surface area contributed by atoms with Crippen LogP contribution in [0.2, 0.25) is 0 Å². The third-order valence-corrected chi connectivity index (χ3v) is 2.01. The molecule has 4 heteroatoms. The van der Waals surface area contributed by atoms with Gasteiger partial charge in [0.15, 0.2) is 0 Å². The number of hydrogen-bond acceptors (Lipinski definition) is 3. The summed E-state index contributed by atoms with van der Waals surface area (Å²) in [6, 6.07) is 7.76. The van der Waals surface area contributed by atoms with E-state index in [1.807, 2.05) is 36.2 Å². The summed E-state index contributed by atoms with van der Waals surface area (Å²) >= 11 is 5.70. The molecule has 1 aromatic rings. The van der Waals surface area contributed by atoms with Gasteiger partial charge in [0.25, 0.3) is 0 Å². The molecule has 74 valence electrons. The number of nitrogens with zero attached hydrogens (tertiary/aromatic N) is 3. The maximum Gasteiger partial charge on any atom is 0.133 e. The fourth-order valence-electron chi connectivity index (χ4n) is 1.15. The number of halogens is 1. The van der Waals surface area contributed by atoms with Crippen LogP contribution in [-0.4, -0.2) is 28.9 Å². The molecule has 0 aliphatic carbocycles. The van der Waals surface area contributed by atoms with E-state index in [9.17, 15) is 0 Å². The zero-order valence-corrected chi connectivity index (χ0v) is 8.78. The lowest BCUT2D eigenvalue weighted by Crippen LogP contribution is -2.25. The highest BCUT2D eigenvalue weighted by atomic mass is 35.5. The maximum atomic E-state index is 8.53. The molecule has 0 saturated heterocycles. The van der Waals surface area contributed by atoms with Crippen LogP contribution >= 0.6 is 11.6 Å². The smallest absolute Gasteiger partial charge is 0.133 e. The molecule has 0 amide bonds. The molecule has 14 heavy (non-hydrogen) atoms. The fraction of sp³-hybridized carbons (Fsp3) is 0.400. The van der Waals surface area contributed by atoms with E-state index in [0.29, 0.717) is 13.1 Å². The molecule has 1 heterocycles. The predicted octanol–water partition coefficient (Wildman–Crippen LogP) is 1.64.